The van der Waals surface area contributed by atoms with Crippen LogP contribution in [0.25, 0.3) is 0 Å². The number of amides is 1. The summed E-state index contributed by atoms with van der Waals surface area (Å²) < 4.78 is 34.7. The smallest absolute Gasteiger partial charge is 0.262 e. The van der Waals surface area contributed by atoms with Gasteiger partial charge >= 0.3 is 0 Å². The summed E-state index contributed by atoms with van der Waals surface area (Å²) >= 11 is 0. The zero-order valence-corrected chi connectivity index (χ0v) is 18.0. The van der Waals surface area contributed by atoms with Crippen molar-refractivity contribution < 1.29 is 17.9 Å². The van der Waals surface area contributed by atoms with Gasteiger partial charge in [-0.2, -0.15) is 0 Å². The first-order valence-corrected chi connectivity index (χ1v) is 10.6. The van der Waals surface area contributed by atoms with Gasteiger partial charge in [0.05, 0.1) is 17.0 Å². The molecule has 0 aromatic heterocycles. The molecule has 1 aliphatic heterocycles. The van der Waals surface area contributed by atoms with Crippen LogP contribution in [0.2, 0.25) is 0 Å². The number of sulfonamides is 1. The van der Waals surface area contributed by atoms with Crippen LogP contribution >= 0.6 is 0 Å². The fourth-order valence-electron chi connectivity index (χ4n) is 3.56. The molecule has 2 aromatic carbocycles. The van der Waals surface area contributed by atoms with E-state index in [1.165, 1.54) is 6.07 Å². The number of rotatable bonds is 3. The lowest BCUT2D eigenvalue weighted by atomic mass is 9.95. The van der Waals surface area contributed by atoms with Crippen molar-refractivity contribution in [3.8, 4) is 5.75 Å². The summed E-state index contributed by atoms with van der Waals surface area (Å²) in [6, 6.07) is 4.79. The van der Waals surface area contributed by atoms with Gasteiger partial charge in [0, 0.05) is 12.7 Å². The summed E-state index contributed by atoms with van der Waals surface area (Å²) in [5, 5.41) is 0. The maximum absolute atomic E-state index is 13.2. The van der Waals surface area contributed by atoms with Crippen LogP contribution < -0.4 is 9.46 Å². The molecule has 0 bridgehead atoms. The van der Waals surface area contributed by atoms with Gasteiger partial charge in [-0.1, -0.05) is 0 Å². The summed E-state index contributed by atoms with van der Waals surface area (Å²) in [6.45, 7) is 10.4. The summed E-state index contributed by atoms with van der Waals surface area (Å²) in [5.74, 6) is 0.273. The zero-order valence-electron chi connectivity index (χ0n) is 17.1. The van der Waals surface area contributed by atoms with Crippen LogP contribution in [0, 0.1) is 34.6 Å². The third-order valence-electron chi connectivity index (χ3n) is 5.69. The highest BCUT2D eigenvalue weighted by Crippen LogP contribution is 2.32. The van der Waals surface area contributed by atoms with Crippen LogP contribution in [0.15, 0.2) is 23.1 Å². The van der Waals surface area contributed by atoms with Crippen LogP contribution in [0.1, 0.15) is 38.2 Å². The van der Waals surface area contributed by atoms with E-state index in [1.54, 1.807) is 24.1 Å². The van der Waals surface area contributed by atoms with Crippen molar-refractivity contribution in [2.24, 2.45) is 0 Å². The largest absolute Gasteiger partial charge is 0.491 e. The Labute approximate surface area is 166 Å². The first-order chi connectivity index (χ1) is 13.0. The van der Waals surface area contributed by atoms with Gasteiger partial charge in [0.1, 0.15) is 12.4 Å². The molecule has 0 radical (unpaired) electrons. The molecule has 0 unspecified atom stereocenters. The van der Waals surface area contributed by atoms with E-state index in [2.05, 4.69) is 4.72 Å². The number of likely N-dealkylation sites (N-methyl/N-ethyl adjacent to an activating group) is 1. The van der Waals surface area contributed by atoms with Gasteiger partial charge in [0.2, 0.25) is 0 Å². The Morgan fingerprint density at radius 3 is 2.14 bits per heavy atom. The monoisotopic (exact) mass is 402 g/mol. The van der Waals surface area contributed by atoms with Gasteiger partial charge < -0.3 is 9.64 Å². The highest BCUT2D eigenvalue weighted by atomic mass is 32.2. The summed E-state index contributed by atoms with van der Waals surface area (Å²) in [7, 11) is -2.12. The van der Waals surface area contributed by atoms with Crippen molar-refractivity contribution in [3.05, 3.63) is 51.6 Å². The Balaban J connectivity index is 2.06. The maximum Gasteiger partial charge on any atom is 0.262 e. The molecule has 1 heterocycles. The van der Waals surface area contributed by atoms with Crippen molar-refractivity contribution in [1.82, 2.24) is 4.90 Å². The number of hydrogen-bond acceptors (Lipinski definition) is 4. The topological polar surface area (TPSA) is 75.7 Å². The van der Waals surface area contributed by atoms with E-state index >= 15 is 0 Å². The predicted octanol–water partition coefficient (Wildman–Crippen LogP) is 3.49. The maximum atomic E-state index is 13.2. The van der Waals surface area contributed by atoms with Crippen LogP contribution in [0.5, 0.6) is 5.75 Å². The summed E-state index contributed by atoms with van der Waals surface area (Å²) in [5.41, 5.74) is 5.20. The second kappa shape index (κ2) is 7.13. The minimum atomic E-state index is -3.82. The lowest BCUT2D eigenvalue weighted by Gasteiger charge is -2.20. The van der Waals surface area contributed by atoms with Gasteiger partial charge in [-0.05, 0) is 80.6 Å². The molecule has 2 aromatic rings. The Morgan fingerprint density at radius 1 is 0.964 bits per heavy atom. The number of ether oxygens (including phenoxy) is 1. The van der Waals surface area contributed by atoms with E-state index < -0.39 is 10.0 Å². The molecule has 0 saturated heterocycles. The molecule has 7 heteroatoms. The van der Waals surface area contributed by atoms with Crippen LogP contribution in [-0.4, -0.2) is 39.4 Å². The molecule has 0 spiro atoms. The van der Waals surface area contributed by atoms with Crippen molar-refractivity contribution in [2.75, 3.05) is 24.9 Å². The average Bonchev–Trinajstić information content (AvgIpc) is 2.77. The van der Waals surface area contributed by atoms with Gasteiger partial charge in [-0.15, -0.1) is 0 Å². The molecule has 3 rings (SSSR count). The fraction of sp³-hybridized carbons (Fsp3) is 0.381. The number of anilines is 1. The SMILES string of the molecule is Cc1c(C)c(C)c(S(=O)(=O)Nc2ccc3c(c2)C(=O)N(C)CCO3)c(C)c1C. The number of benzene rings is 2. The summed E-state index contributed by atoms with van der Waals surface area (Å²) in [4.78, 5) is 14.4. The highest BCUT2D eigenvalue weighted by Gasteiger charge is 2.26. The average molecular weight is 403 g/mol. The van der Waals surface area contributed by atoms with Gasteiger partial charge in [0.25, 0.3) is 15.9 Å². The quantitative estimate of drug-likeness (QED) is 0.853. The molecule has 6 nitrogen and oxygen atoms in total. The third kappa shape index (κ3) is 3.35. The van der Waals surface area contributed by atoms with Crippen molar-refractivity contribution >= 4 is 21.6 Å². The lowest BCUT2D eigenvalue weighted by molar-refractivity contribution is 0.0796. The van der Waals surface area contributed by atoms with Gasteiger partial charge in [-0.25, -0.2) is 8.42 Å². The van der Waals surface area contributed by atoms with Gasteiger partial charge in [0.15, 0.2) is 0 Å². The number of fused-ring (bicyclic) bond motifs is 1. The van der Waals surface area contributed by atoms with E-state index in [9.17, 15) is 13.2 Å². The molecule has 28 heavy (non-hydrogen) atoms. The molecule has 0 fully saturated rings. The minimum Gasteiger partial charge on any atom is -0.491 e. The Kier molecular flexibility index (Phi) is 5.14. The molecule has 1 amide bonds. The Morgan fingerprint density at radius 2 is 1.54 bits per heavy atom. The number of nitrogens with zero attached hydrogens (tertiary/aromatic N) is 1. The van der Waals surface area contributed by atoms with E-state index in [4.69, 9.17) is 4.74 Å². The van der Waals surface area contributed by atoms with Crippen LogP contribution in [0.3, 0.4) is 0 Å². The molecule has 1 N–H and O–H groups in total. The second-order valence-corrected chi connectivity index (χ2v) is 8.96. The van der Waals surface area contributed by atoms with E-state index in [0.29, 0.717) is 35.0 Å². The molecule has 0 atom stereocenters. The minimum absolute atomic E-state index is 0.192. The normalized spacial score (nSPS) is 14.4. The van der Waals surface area contributed by atoms with Crippen LogP contribution in [0.4, 0.5) is 5.69 Å². The lowest BCUT2D eigenvalue weighted by Crippen LogP contribution is -2.27. The molecule has 150 valence electrons. The van der Waals surface area contributed by atoms with E-state index in [1.807, 2.05) is 34.6 Å². The van der Waals surface area contributed by atoms with Gasteiger partial charge in [-0.3, -0.25) is 9.52 Å². The first-order valence-electron chi connectivity index (χ1n) is 9.16. The van der Waals surface area contributed by atoms with Crippen LogP contribution in [-0.2, 0) is 10.0 Å². The Hall–Kier alpha value is -2.54. The number of nitrogens with one attached hydrogen (secondary N) is 1. The first kappa shape index (κ1) is 20.2. The second-order valence-electron chi connectivity index (χ2n) is 7.35. The highest BCUT2D eigenvalue weighted by molar-refractivity contribution is 7.92. The molecule has 1 aliphatic rings. The molecule has 0 saturated carbocycles. The number of carbonyl (C=O) groups excluding carboxylic acids is 1. The standard InChI is InChI=1S/C21H26N2O4S/c1-12-13(2)15(4)20(16(5)14(12)3)28(25,26)22-17-7-8-19-18(11-17)21(24)23(6)9-10-27-19/h7-8,11,22H,9-10H2,1-6H3. The van der Waals surface area contributed by atoms with Crippen molar-refractivity contribution in [2.45, 2.75) is 39.5 Å². The predicted molar refractivity (Wildman–Crippen MR) is 110 cm³/mol. The molecular formula is C21H26N2O4S. The number of carbonyl (C=O) groups is 1. The summed E-state index contributed by atoms with van der Waals surface area (Å²) in [6.07, 6.45) is 0. The Bertz CT molecular complexity index is 1050. The zero-order chi connectivity index (χ0) is 20.8. The van der Waals surface area contributed by atoms with E-state index in [-0.39, 0.29) is 5.91 Å². The van der Waals surface area contributed by atoms with Crippen molar-refractivity contribution in [3.63, 3.8) is 0 Å². The third-order valence-corrected chi connectivity index (χ3v) is 7.35. The number of hydrogen-bond donors (Lipinski definition) is 1. The molecule has 0 aliphatic carbocycles. The molecular weight excluding hydrogens is 376 g/mol. The fourth-order valence-corrected chi connectivity index (χ4v) is 5.21. The van der Waals surface area contributed by atoms with Crippen molar-refractivity contribution in [1.29, 1.82) is 0 Å². The van der Waals surface area contributed by atoms with E-state index in [0.717, 1.165) is 27.8 Å².